The van der Waals surface area contributed by atoms with Crippen molar-refractivity contribution < 1.29 is 9.59 Å². The van der Waals surface area contributed by atoms with Crippen LogP contribution < -0.4 is 11.1 Å². The van der Waals surface area contributed by atoms with Crippen LogP contribution in [0.4, 0.5) is 0 Å². The fourth-order valence-corrected chi connectivity index (χ4v) is 1.94. The van der Waals surface area contributed by atoms with Crippen molar-refractivity contribution in [3.8, 4) is 0 Å². The van der Waals surface area contributed by atoms with Gasteiger partial charge in [-0.3, -0.25) is 14.7 Å². The van der Waals surface area contributed by atoms with Crippen LogP contribution in [0.2, 0.25) is 0 Å². The number of carbonyl (C=O) groups is 2. The summed E-state index contributed by atoms with van der Waals surface area (Å²) in [6.45, 7) is 0.611. The minimum absolute atomic E-state index is 0.00968. The van der Waals surface area contributed by atoms with Crippen LogP contribution in [0.1, 0.15) is 18.7 Å². The third-order valence-electron chi connectivity index (χ3n) is 2.10. The number of nitrogens with one attached hydrogen (secondary N) is 2. The van der Waals surface area contributed by atoms with E-state index in [1.807, 2.05) is 0 Å². The topological polar surface area (TPSA) is 114 Å². The van der Waals surface area contributed by atoms with Crippen molar-refractivity contribution in [2.45, 2.75) is 19.3 Å². The molecule has 0 spiro atoms. The Hall–Kier alpha value is -1.57. The van der Waals surface area contributed by atoms with Gasteiger partial charge in [-0.2, -0.15) is 16.9 Å². The van der Waals surface area contributed by atoms with E-state index in [1.54, 1.807) is 0 Å². The second kappa shape index (κ2) is 8.51. The van der Waals surface area contributed by atoms with E-state index in [-0.39, 0.29) is 17.6 Å². The minimum Gasteiger partial charge on any atom is -0.369 e. The van der Waals surface area contributed by atoms with Gasteiger partial charge in [-0.1, -0.05) is 0 Å². The number of rotatable bonds is 9. The average Bonchev–Trinajstić information content (AvgIpc) is 2.83. The third-order valence-corrected chi connectivity index (χ3v) is 3.08. The van der Waals surface area contributed by atoms with Crippen molar-refractivity contribution in [1.82, 2.24) is 20.5 Å². The largest absolute Gasteiger partial charge is 0.369 e. The molecule has 18 heavy (non-hydrogen) atoms. The number of nitrogens with two attached hydrogens (primary N) is 1. The summed E-state index contributed by atoms with van der Waals surface area (Å²) in [5.74, 6) is 1.33. The Morgan fingerprint density at radius 3 is 3.00 bits per heavy atom. The van der Waals surface area contributed by atoms with E-state index in [0.29, 0.717) is 18.7 Å². The molecule has 1 aromatic heterocycles. The summed E-state index contributed by atoms with van der Waals surface area (Å²) in [5, 5.41) is 9.30. The second-order valence-electron chi connectivity index (χ2n) is 3.65. The quantitative estimate of drug-likeness (QED) is 0.522. The molecule has 0 aliphatic carbocycles. The zero-order valence-corrected chi connectivity index (χ0v) is 10.8. The molecule has 100 valence electrons. The third kappa shape index (κ3) is 6.89. The van der Waals surface area contributed by atoms with Crippen LogP contribution in [-0.2, 0) is 16.0 Å². The molecule has 0 saturated heterocycles. The van der Waals surface area contributed by atoms with E-state index in [1.165, 1.54) is 18.1 Å². The highest BCUT2D eigenvalue weighted by Gasteiger charge is 2.02. The maximum Gasteiger partial charge on any atom is 0.227 e. The zero-order chi connectivity index (χ0) is 13.2. The Balaban J connectivity index is 1.95. The summed E-state index contributed by atoms with van der Waals surface area (Å²) in [4.78, 5) is 25.8. The number of primary amides is 1. The Labute approximate surface area is 109 Å². The number of hydrogen-bond donors (Lipinski definition) is 3. The fraction of sp³-hybridized carbons (Fsp3) is 0.600. The summed E-state index contributed by atoms with van der Waals surface area (Å²) in [6.07, 6.45) is 3.44. The van der Waals surface area contributed by atoms with Crippen molar-refractivity contribution in [2.75, 3.05) is 18.1 Å². The number of nitrogens with zero attached hydrogens (tertiary/aromatic N) is 2. The summed E-state index contributed by atoms with van der Waals surface area (Å²) in [5.41, 5.74) is 4.98. The molecule has 8 heteroatoms. The normalized spacial score (nSPS) is 10.2. The summed E-state index contributed by atoms with van der Waals surface area (Å²) >= 11 is 1.37. The molecule has 1 aromatic rings. The van der Waals surface area contributed by atoms with Crippen LogP contribution in [-0.4, -0.2) is 45.0 Å². The molecular weight excluding hydrogens is 254 g/mol. The number of amides is 2. The highest BCUT2D eigenvalue weighted by atomic mass is 32.2. The smallest absolute Gasteiger partial charge is 0.227 e. The molecule has 0 aromatic carbocycles. The number of hydrogen-bond acceptors (Lipinski definition) is 5. The van der Waals surface area contributed by atoms with Crippen molar-refractivity contribution in [2.24, 2.45) is 5.73 Å². The maximum absolute atomic E-state index is 11.4. The number of aromatic amines is 1. The van der Waals surface area contributed by atoms with Crippen LogP contribution in [0, 0.1) is 0 Å². The van der Waals surface area contributed by atoms with Gasteiger partial charge in [0.15, 0.2) is 0 Å². The van der Waals surface area contributed by atoms with Crippen molar-refractivity contribution in [3.63, 3.8) is 0 Å². The van der Waals surface area contributed by atoms with E-state index in [2.05, 4.69) is 20.5 Å². The molecule has 7 nitrogen and oxygen atoms in total. The van der Waals surface area contributed by atoms with Crippen LogP contribution in [0.3, 0.4) is 0 Å². The monoisotopic (exact) mass is 271 g/mol. The van der Waals surface area contributed by atoms with E-state index >= 15 is 0 Å². The lowest BCUT2D eigenvalue weighted by Gasteiger charge is -2.03. The first-order chi connectivity index (χ1) is 8.68. The minimum atomic E-state index is -0.354. The number of thioether (sulfide) groups is 1. The van der Waals surface area contributed by atoms with Gasteiger partial charge in [-0.05, 0) is 6.42 Å². The SMILES string of the molecule is NC(=O)CSCCC(=O)NCCCc1ncn[nH]1. The number of carbonyl (C=O) groups excluding carboxylic acids is 2. The van der Waals surface area contributed by atoms with Crippen molar-refractivity contribution >= 4 is 23.6 Å². The van der Waals surface area contributed by atoms with Gasteiger partial charge < -0.3 is 11.1 Å². The van der Waals surface area contributed by atoms with Gasteiger partial charge in [0.05, 0.1) is 5.75 Å². The molecule has 0 unspecified atom stereocenters. The Kier molecular flexibility index (Phi) is 6.85. The van der Waals surface area contributed by atoms with Crippen LogP contribution in [0.25, 0.3) is 0 Å². The van der Waals surface area contributed by atoms with E-state index < -0.39 is 0 Å². The predicted octanol–water partition coefficient (Wildman–Crippen LogP) is -0.538. The Morgan fingerprint density at radius 2 is 2.33 bits per heavy atom. The standard InChI is InChI=1S/C10H17N5O2S/c11-8(16)6-18-5-3-10(17)12-4-1-2-9-13-7-14-15-9/h7H,1-6H2,(H2,11,16)(H,12,17)(H,13,14,15). The second-order valence-corrected chi connectivity index (χ2v) is 4.76. The lowest BCUT2D eigenvalue weighted by molar-refractivity contribution is -0.120. The molecule has 0 aliphatic heterocycles. The molecule has 1 heterocycles. The molecule has 0 bridgehead atoms. The van der Waals surface area contributed by atoms with E-state index in [4.69, 9.17) is 5.73 Å². The van der Waals surface area contributed by atoms with Gasteiger partial charge >= 0.3 is 0 Å². The molecule has 0 radical (unpaired) electrons. The predicted molar refractivity (Wildman–Crippen MR) is 68.8 cm³/mol. The first-order valence-electron chi connectivity index (χ1n) is 5.65. The van der Waals surface area contributed by atoms with Gasteiger partial charge in [-0.25, -0.2) is 4.98 Å². The van der Waals surface area contributed by atoms with Crippen LogP contribution in [0.15, 0.2) is 6.33 Å². The molecule has 0 saturated carbocycles. The molecule has 0 fully saturated rings. The van der Waals surface area contributed by atoms with E-state index in [9.17, 15) is 9.59 Å². The Bertz CT molecular complexity index is 368. The number of aryl methyl sites for hydroxylation is 1. The van der Waals surface area contributed by atoms with Crippen molar-refractivity contribution in [1.29, 1.82) is 0 Å². The number of H-pyrrole nitrogens is 1. The molecule has 1 rings (SSSR count). The first kappa shape index (κ1) is 14.5. The maximum atomic E-state index is 11.4. The summed E-state index contributed by atoms with van der Waals surface area (Å²) in [6, 6.07) is 0. The summed E-state index contributed by atoms with van der Waals surface area (Å²) in [7, 11) is 0. The van der Waals surface area contributed by atoms with Gasteiger partial charge in [0.25, 0.3) is 0 Å². The lowest BCUT2D eigenvalue weighted by atomic mass is 10.3. The Morgan fingerprint density at radius 1 is 1.50 bits per heavy atom. The average molecular weight is 271 g/mol. The lowest BCUT2D eigenvalue weighted by Crippen LogP contribution is -2.25. The molecule has 4 N–H and O–H groups in total. The molecule has 0 atom stereocenters. The number of aromatic nitrogens is 3. The molecular formula is C10H17N5O2S. The van der Waals surface area contributed by atoms with Crippen LogP contribution in [0.5, 0.6) is 0 Å². The van der Waals surface area contributed by atoms with E-state index in [0.717, 1.165) is 18.7 Å². The van der Waals surface area contributed by atoms with Crippen LogP contribution >= 0.6 is 11.8 Å². The van der Waals surface area contributed by atoms with Gasteiger partial charge in [-0.15, -0.1) is 0 Å². The van der Waals surface area contributed by atoms with Gasteiger partial charge in [0, 0.05) is 25.1 Å². The summed E-state index contributed by atoms with van der Waals surface area (Å²) < 4.78 is 0. The molecule has 2 amide bonds. The first-order valence-corrected chi connectivity index (χ1v) is 6.81. The molecule has 0 aliphatic rings. The van der Waals surface area contributed by atoms with Gasteiger partial charge in [0.2, 0.25) is 11.8 Å². The van der Waals surface area contributed by atoms with Gasteiger partial charge in [0.1, 0.15) is 12.2 Å². The fourth-order valence-electron chi connectivity index (χ4n) is 1.26. The van der Waals surface area contributed by atoms with Crippen molar-refractivity contribution in [3.05, 3.63) is 12.2 Å². The highest BCUT2D eigenvalue weighted by molar-refractivity contribution is 7.99. The zero-order valence-electron chi connectivity index (χ0n) is 10.0. The highest BCUT2D eigenvalue weighted by Crippen LogP contribution is 2.01.